The van der Waals surface area contributed by atoms with E-state index in [-0.39, 0.29) is 0 Å². The van der Waals surface area contributed by atoms with E-state index in [1.54, 1.807) is 0 Å². The molecule has 0 atom stereocenters. The average molecular weight is 275 g/mol. The summed E-state index contributed by atoms with van der Waals surface area (Å²) in [4.78, 5) is 1.40. The summed E-state index contributed by atoms with van der Waals surface area (Å²) in [6.45, 7) is 4.78. The van der Waals surface area contributed by atoms with Crippen LogP contribution in [0.2, 0.25) is 0 Å². The van der Waals surface area contributed by atoms with Gasteiger partial charge in [0.05, 0.1) is 0 Å². The summed E-state index contributed by atoms with van der Waals surface area (Å²) in [6, 6.07) is 9.84. The normalized spacial score (nSPS) is 14.5. The Labute approximate surface area is 121 Å². The fourth-order valence-electron chi connectivity index (χ4n) is 2.01. The van der Waals surface area contributed by atoms with Crippen LogP contribution in [-0.4, -0.2) is 11.8 Å². The van der Waals surface area contributed by atoms with E-state index in [4.69, 9.17) is 0 Å². The van der Waals surface area contributed by atoms with Crippen molar-refractivity contribution in [3.8, 4) is 0 Å². The molecule has 1 N–H and O–H groups in total. The van der Waals surface area contributed by atoms with Crippen LogP contribution in [0.5, 0.6) is 0 Å². The minimum absolute atomic E-state index is 0.796. The molecule has 0 heterocycles. The second kappa shape index (κ2) is 8.44. The minimum Gasteiger partial charge on any atom is -0.310 e. The van der Waals surface area contributed by atoms with E-state index in [0.29, 0.717) is 0 Å². The van der Waals surface area contributed by atoms with Gasteiger partial charge in [-0.05, 0) is 55.6 Å². The Morgan fingerprint density at radius 2 is 1.95 bits per heavy atom. The van der Waals surface area contributed by atoms with E-state index in [1.807, 2.05) is 17.8 Å². The molecule has 0 radical (unpaired) electrons. The number of unbranched alkanes of at least 4 members (excludes halogenated alkanes) is 3. The monoisotopic (exact) mass is 275 g/mol. The molecule has 1 aromatic carbocycles. The summed E-state index contributed by atoms with van der Waals surface area (Å²) in [7, 11) is 0. The summed E-state index contributed by atoms with van der Waals surface area (Å²) in [5.74, 6) is 1.23. The number of nitrogens with one attached hydrogen (secondary N) is 1. The Hall–Kier alpha value is -0.730. The Bertz CT molecular complexity index is 367. The van der Waals surface area contributed by atoms with Crippen LogP contribution in [0.4, 0.5) is 0 Å². The summed E-state index contributed by atoms with van der Waals surface area (Å²) in [6.07, 6.45) is 9.82. The smallest absolute Gasteiger partial charge is 0.0208 e. The number of benzene rings is 1. The first-order valence-electron chi connectivity index (χ1n) is 7.44. The zero-order valence-corrected chi connectivity index (χ0v) is 12.6. The zero-order chi connectivity index (χ0) is 13.3. The van der Waals surface area contributed by atoms with Crippen molar-refractivity contribution in [2.24, 2.45) is 0 Å². The van der Waals surface area contributed by atoms with Gasteiger partial charge in [0.1, 0.15) is 0 Å². The summed E-state index contributed by atoms with van der Waals surface area (Å²) in [5, 5.41) is 3.55. The van der Waals surface area contributed by atoms with E-state index >= 15 is 0 Å². The second-order valence-corrected chi connectivity index (χ2v) is 6.45. The molecule has 2 rings (SSSR count). The van der Waals surface area contributed by atoms with Crippen LogP contribution in [0.25, 0.3) is 0 Å². The fourth-order valence-corrected chi connectivity index (χ4v) is 2.92. The number of hydrogen-bond acceptors (Lipinski definition) is 2. The SMILES string of the molecule is C=CCCCCCSc1ccc(CNC2CC2)cc1. The Morgan fingerprint density at radius 3 is 2.63 bits per heavy atom. The largest absolute Gasteiger partial charge is 0.310 e. The van der Waals surface area contributed by atoms with Crippen molar-refractivity contribution >= 4 is 11.8 Å². The topological polar surface area (TPSA) is 12.0 Å². The van der Waals surface area contributed by atoms with Crippen molar-refractivity contribution < 1.29 is 0 Å². The fraction of sp³-hybridized carbons (Fsp3) is 0.529. The molecule has 1 aliphatic carbocycles. The van der Waals surface area contributed by atoms with Gasteiger partial charge in [0.2, 0.25) is 0 Å². The molecule has 1 saturated carbocycles. The van der Waals surface area contributed by atoms with Gasteiger partial charge in [-0.1, -0.05) is 24.6 Å². The third-order valence-electron chi connectivity index (χ3n) is 3.42. The second-order valence-electron chi connectivity index (χ2n) is 5.29. The highest BCUT2D eigenvalue weighted by atomic mass is 32.2. The molecular weight excluding hydrogens is 250 g/mol. The van der Waals surface area contributed by atoms with Gasteiger partial charge >= 0.3 is 0 Å². The lowest BCUT2D eigenvalue weighted by Crippen LogP contribution is -2.14. The van der Waals surface area contributed by atoms with Gasteiger partial charge in [-0.3, -0.25) is 0 Å². The first kappa shape index (κ1) is 14.7. The maximum Gasteiger partial charge on any atom is 0.0208 e. The standard InChI is InChI=1S/C17H25NS/c1-2-3-4-5-6-13-19-17-11-7-15(8-12-17)14-18-16-9-10-16/h2,7-8,11-12,16,18H,1,3-6,9-10,13-14H2. The number of thioether (sulfide) groups is 1. The lowest BCUT2D eigenvalue weighted by molar-refractivity contribution is 0.687. The average Bonchev–Trinajstić information content (AvgIpc) is 3.26. The van der Waals surface area contributed by atoms with Crippen LogP contribution in [0.1, 0.15) is 44.1 Å². The first-order chi connectivity index (χ1) is 9.38. The number of rotatable bonds is 10. The van der Waals surface area contributed by atoms with Crippen molar-refractivity contribution in [3.05, 3.63) is 42.5 Å². The van der Waals surface area contributed by atoms with Crippen LogP contribution in [0.3, 0.4) is 0 Å². The minimum atomic E-state index is 0.796. The predicted molar refractivity (Wildman–Crippen MR) is 85.7 cm³/mol. The molecule has 0 amide bonds. The highest BCUT2D eigenvalue weighted by Gasteiger charge is 2.19. The van der Waals surface area contributed by atoms with Gasteiger partial charge in [0.25, 0.3) is 0 Å². The van der Waals surface area contributed by atoms with Crippen molar-refractivity contribution in [3.63, 3.8) is 0 Å². The Morgan fingerprint density at radius 1 is 1.16 bits per heavy atom. The third-order valence-corrected chi connectivity index (χ3v) is 4.52. The van der Waals surface area contributed by atoms with Crippen molar-refractivity contribution in [1.82, 2.24) is 5.32 Å². The molecule has 0 spiro atoms. The lowest BCUT2D eigenvalue weighted by Gasteiger charge is -2.05. The molecule has 1 nitrogen and oxygen atoms in total. The van der Waals surface area contributed by atoms with Gasteiger partial charge in [-0.2, -0.15) is 0 Å². The van der Waals surface area contributed by atoms with Crippen molar-refractivity contribution in [1.29, 1.82) is 0 Å². The number of hydrogen-bond donors (Lipinski definition) is 1. The molecule has 19 heavy (non-hydrogen) atoms. The van der Waals surface area contributed by atoms with Gasteiger partial charge in [-0.25, -0.2) is 0 Å². The van der Waals surface area contributed by atoms with Crippen LogP contribution >= 0.6 is 11.8 Å². The lowest BCUT2D eigenvalue weighted by atomic mass is 10.2. The van der Waals surface area contributed by atoms with Gasteiger partial charge in [-0.15, -0.1) is 18.3 Å². The molecule has 2 heteroatoms. The molecule has 104 valence electrons. The van der Waals surface area contributed by atoms with Crippen molar-refractivity contribution in [2.45, 2.75) is 56.0 Å². The van der Waals surface area contributed by atoms with E-state index in [9.17, 15) is 0 Å². The predicted octanol–water partition coefficient (Wildman–Crippen LogP) is 4.78. The molecule has 1 aromatic rings. The van der Waals surface area contributed by atoms with Crippen LogP contribution in [0.15, 0.2) is 41.8 Å². The van der Waals surface area contributed by atoms with E-state index < -0.39 is 0 Å². The summed E-state index contributed by atoms with van der Waals surface area (Å²) < 4.78 is 0. The van der Waals surface area contributed by atoms with Gasteiger partial charge in [0.15, 0.2) is 0 Å². The van der Waals surface area contributed by atoms with E-state index in [0.717, 1.165) is 19.0 Å². The van der Waals surface area contributed by atoms with Gasteiger partial charge in [0, 0.05) is 17.5 Å². The molecule has 1 aliphatic rings. The molecular formula is C17H25NS. The van der Waals surface area contributed by atoms with Crippen LogP contribution < -0.4 is 5.32 Å². The highest BCUT2D eigenvalue weighted by Crippen LogP contribution is 2.22. The Kier molecular flexibility index (Phi) is 6.52. The van der Waals surface area contributed by atoms with Crippen molar-refractivity contribution in [2.75, 3.05) is 5.75 Å². The molecule has 0 bridgehead atoms. The number of allylic oxidation sites excluding steroid dienone is 1. The maximum atomic E-state index is 3.75. The maximum absolute atomic E-state index is 3.75. The van der Waals surface area contributed by atoms with Crippen LogP contribution in [-0.2, 0) is 6.54 Å². The zero-order valence-electron chi connectivity index (χ0n) is 11.7. The first-order valence-corrected chi connectivity index (χ1v) is 8.43. The molecule has 0 unspecified atom stereocenters. The highest BCUT2D eigenvalue weighted by molar-refractivity contribution is 7.99. The molecule has 0 aromatic heterocycles. The van der Waals surface area contributed by atoms with Crippen LogP contribution in [0, 0.1) is 0 Å². The molecule has 1 fully saturated rings. The van der Waals surface area contributed by atoms with Gasteiger partial charge < -0.3 is 5.32 Å². The van der Waals surface area contributed by atoms with E-state index in [1.165, 1.54) is 48.3 Å². The Balaban J connectivity index is 1.59. The molecule has 0 aliphatic heterocycles. The quantitative estimate of drug-likeness (QED) is 0.375. The molecule has 0 saturated heterocycles. The van der Waals surface area contributed by atoms with E-state index in [2.05, 4.69) is 36.2 Å². The third kappa shape index (κ3) is 6.31. The summed E-state index contributed by atoms with van der Waals surface area (Å²) >= 11 is 1.98. The summed E-state index contributed by atoms with van der Waals surface area (Å²) in [5.41, 5.74) is 1.40.